The summed E-state index contributed by atoms with van der Waals surface area (Å²) in [6.07, 6.45) is 3.51. The zero-order valence-electron chi connectivity index (χ0n) is 8.45. The lowest BCUT2D eigenvalue weighted by Gasteiger charge is -2.00. The number of aryl methyl sites for hydroxylation is 1. The van der Waals surface area contributed by atoms with Gasteiger partial charge in [0.05, 0.1) is 11.1 Å². The lowest BCUT2D eigenvalue weighted by Crippen LogP contribution is -2.00. The van der Waals surface area contributed by atoms with Gasteiger partial charge in [-0.1, -0.05) is 13.8 Å². The van der Waals surface area contributed by atoms with Crippen LogP contribution in [-0.4, -0.2) is 16.2 Å². The minimum Gasteiger partial charge on any atom is -0.393 e. The molecule has 0 fully saturated rings. The Hall–Kier alpha value is -0.410. The SMILES string of the molecule is CC(O)CCc1cnc(C(C)C)s1. The van der Waals surface area contributed by atoms with Crippen molar-refractivity contribution in [1.29, 1.82) is 0 Å². The van der Waals surface area contributed by atoms with E-state index in [1.165, 1.54) is 9.88 Å². The van der Waals surface area contributed by atoms with Crippen LogP contribution in [0.15, 0.2) is 6.20 Å². The highest BCUT2D eigenvalue weighted by atomic mass is 32.1. The van der Waals surface area contributed by atoms with Crippen LogP contribution in [0.25, 0.3) is 0 Å². The first-order valence-corrected chi connectivity index (χ1v) is 5.54. The molecule has 0 aromatic carbocycles. The van der Waals surface area contributed by atoms with Gasteiger partial charge in [-0.15, -0.1) is 11.3 Å². The molecule has 1 rings (SSSR count). The predicted octanol–water partition coefficient (Wildman–Crippen LogP) is 2.58. The minimum absolute atomic E-state index is 0.204. The Balaban J connectivity index is 2.49. The second-order valence-corrected chi connectivity index (χ2v) is 4.85. The van der Waals surface area contributed by atoms with Crippen molar-refractivity contribution >= 4 is 11.3 Å². The summed E-state index contributed by atoms with van der Waals surface area (Å²) in [6, 6.07) is 0. The van der Waals surface area contributed by atoms with E-state index in [1.807, 2.05) is 13.1 Å². The molecule has 0 bridgehead atoms. The molecule has 3 heteroatoms. The second kappa shape index (κ2) is 4.72. The van der Waals surface area contributed by atoms with Gasteiger partial charge in [0, 0.05) is 17.0 Å². The largest absolute Gasteiger partial charge is 0.393 e. The summed E-state index contributed by atoms with van der Waals surface area (Å²) in [5.74, 6) is 0.519. The number of hydrogen-bond donors (Lipinski definition) is 1. The molecule has 2 nitrogen and oxygen atoms in total. The Kier molecular flexibility index (Phi) is 3.88. The monoisotopic (exact) mass is 199 g/mol. The molecule has 1 unspecified atom stereocenters. The van der Waals surface area contributed by atoms with Gasteiger partial charge in [-0.25, -0.2) is 4.98 Å². The van der Waals surface area contributed by atoms with E-state index in [-0.39, 0.29) is 6.10 Å². The van der Waals surface area contributed by atoms with Crippen LogP contribution in [0.4, 0.5) is 0 Å². The van der Waals surface area contributed by atoms with Crippen molar-refractivity contribution in [3.05, 3.63) is 16.1 Å². The lowest BCUT2D eigenvalue weighted by atomic mass is 10.2. The number of aliphatic hydroxyl groups is 1. The highest BCUT2D eigenvalue weighted by Crippen LogP contribution is 2.22. The summed E-state index contributed by atoms with van der Waals surface area (Å²) < 4.78 is 0. The topological polar surface area (TPSA) is 33.1 Å². The summed E-state index contributed by atoms with van der Waals surface area (Å²) in [5, 5.41) is 10.3. The molecule has 1 heterocycles. The van der Waals surface area contributed by atoms with Crippen LogP contribution in [0.5, 0.6) is 0 Å². The quantitative estimate of drug-likeness (QED) is 0.808. The van der Waals surface area contributed by atoms with Crippen molar-refractivity contribution < 1.29 is 5.11 Å². The molecule has 0 amide bonds. The first-order chi connectivity index (χ1) is 6.09. The van der Waals surface area contributed by atoms with Crippen molar-refractivity contribution in [2.45, 2.75) is 45.6 Å². The van der Waals surface area contributed by atoms with Crippen LogP contribution in [0, 0.1) is 0 Å². The van der Waals surface area contributed by atoms with Gasteiger partial charge in [-0.3, -0.25) is 0 Å². The maximum Gasteiger partial charge on any atom is 0.0953 e. The molecule has 13 heavy (non-hydrogen) atoms. The Morgan fingerprint density at radius 3 is 2.62 bits per heavy atom. The molecule has 0 aliphatic rings. The zero-order chi connectivity index (χ0) is 9.84. The number of rotatable bonds is 4. The fourth-order valence-corrected chi connectivity index (χ4v) is 1.99. The predicted molar refractivity (Wildman–Crippen MR) is 56.2 cm³/mol. The van der Waals surface area contributed by atoms with Gasteiger partial charge < -0.3 is 5.11 Å². The van der Waals surface area contributed by atoms with Crippen LogP contribution in [0.2, 0.25) is 0 Å². The average molecular weight is 199 g/mol. The van der Waals surface area contributed by atoms with Crippen LogP contribution in [0.3, 0.4) is 0 Å². The van der Waals surface area contributed by atoms with E-state index in [2.05, 4.69) is 18.8 Å². The third kappa shape index (κ3) is 3.44. The molecule has 0 radical (unpaired) electrons. The summed E-state index contributed by atoms with van der Waals surface area (Å²) in [6.45, 7) is 6.12. The molecule has 0 saturated heterocycles. The van der Waals surface area contributed by atoms with Crippen LogP contribution in [0.1, 0.15) is 43.0 Å². The summed E-state index contributed by atoms with van der Waals surface area (Å²) in [7, 11) is 0. The molecule has 0 aliphatic carbocycles. The standard InChI is InChI=1S/C10H17NOS/c1-7(2)10-11-6-9(13-10)5-4-8(3)12/h6-8,12H,4-5H2,1-3H3. The Morgan fingerprint density at radius 2 is 2.15 bits per heavy atom. The number of aromatic nitrogens is 1. The molecule has 0 aliphatic heterocycles. The average Bonchev–Trinajstić information content (AvgIpc) is 2.48. The Labute approximate surface area is 83.6 Å². The van der Waals surface area contributed by atoms with E-state index < -0.39 is 0 Å². The molecule has 0 spiro atoms. The van der Waals surface area contributed by atoms with Gasteiger partial charge in [0.1, 0.15) is 0 Å². The Morgan fingerprint density at radius 1 is 1.46 bits per heavy atom. The molecule has 74 valence electrons. The smallest absolute Gasteiger partial charge is 0.0953 e. The maximum absolute atomic E-state index is 9.11. The minimum atomic E-state index is -0.204. The molecule has 1 atom stereocenters. The third-order valence-electron chi connectivity index (χ3n) is 1.87. The van der Waals surface area contributed by atoms with Crippen molar-refractivity contribution in [2.24, 2.45) is 0 Å². The van der Waals surface area contributed by atoms with E-state index in [4.69, 9.17) is 5.11 Å². The van der Waals surface area contributed by atoms with Crippen LogP contribution < -0.4 is 0 Å². The van der Waals surface area contributed by atoms with E-state index in [0.29, 0.717) is 5.92 Å². The van der Waals surface area contributed by atoms with Gasteiger partial charge in [0.25, 0.3) is 0 Å². The number of thiazole rings is 1. The lowest BCUT2D eigenvalue weighted by molar-refractivity contribution is 0.185. The first-order valence-electron chi connectivity index (χ1n) is 4.72. The molecule has 1 aromatic rings. The number of nitrogens with zero attached hydrogens (tertiary/aromatic N) is 1. The normalized spacial score (nSPS) is 13.6. The fraction of sp³-hybridized carbons (Fsp3) is 0.700. The van der Waals surface area contributed by atoms with E-state index >= 15 is 0 Å². The fourth-order valence-electron chi connectivity index (χ4n) is 1.06. The summed E-state index contributed by atoms with van der Waals surface area (Å²) in [4.78, 5) is 5.61. The van der Waals surface area contributed by atoms with Gasteiger partial charge >= 0.3 is 0 Å². The van der Waals surface area contributed by atoms with E-state index in [0.717, 1.165) is 12.8 Å². The van der Waals surface area contributed by atoms with Gasteiger partial charge in [-0.05, 0) is 19.8 Å². The zero-order valence-corrected chi connectivity index (χ0v) is 9.27. The van der Waals surface area contributed by atoms with Crippen LogP contribution >= 0.6 is 11.3 Å². The molecule has 1 aromatic heterocycles. The molecular weight excluding hydrogens is 182 g/mol. The van der Waals surface area contributed by atoms with E-state index in [1.54, 1.807) is 11.3 Å². The second-order valence-electron chi connectivity index (χ2n) is 3.71. The van der Waals surface area contributed by atoms with Gasteiger partial charge in [0.2, 0.25) is 0 Å². The molecular formula is C10H17NOS. The maximum atomic E-state index is 9.11. The van der Waals surface area contributed by atoms with Crippen molar-refractivity contribution in [1.82, 2.24) is 4.98 Å². The van der Waals surface area contributed by atoms with Crippen molar-refractivity contribution in [3.8, 4) is 0 Å². The number of aliphatic hydroxyl groups excluding tert-OH is 1. The molecule has 1 N–H and O–H groups in total. The van der Waals surface area contributed by atoms with Gasteiger partial charge in [0.15, 0.2) is 0 Å². The molecule has 0 saturated carbocycles. The Bertz CT molecular complexity index is 255. The van der Waals surface area contributed by atoms with Crippen molar-refractivity contribution in [3.63, 3.8) is 0 Å². The highest BCUT2D eigenvalue weighted by Gasteiger charge is 2.06. The first kappa shape index (κ1) is 10.7. The summed E-state index contributed by atoms with van der Waals surface area (Å²) >= 11 is 1.76. The van der Waals surface area contributed by atoms with E-state index in [9.17, 15) is 0 Å². The third-order valence-corrected chi connectivity index (χ3v) is 3.23. The highest BCUT2D eigenvalue weighted by molar-refractivity contribution is 7.11. The van der Waals surface area contributed by atoms with Gasteiger partial charge in [-0.2, -0.15) is 0 Å². The summed E-state index contributed by atoms with van der Waals surface area (Å²) in [5.41, 5.74) is 0. The number of hydrogen-bond acceptors (Lipinski definition) is 3. The van der Waals surface area contributed by atoms with Crippen molar-refractivity contribution in [2.75, 3.05) is 0 Å². The van der Waals surface area contributed by atoms with Crippen LogP contribution in [-0.2, 0) is 6.42 Å².